The van der Waals surface area contributed by atoms with Crippen LogP contribution in [0.3, 0.4) is 0 Å². The molecule has 0 aliphatic carbocycles. The maximum atomic E-state index is 11.3. The van der Waals surface area contributed by atoms with Gasteiger partial charge >= 0.3 is 0 Å². The Morgan fingerprint density at radius 1 is 1.44 bits per heavy atom. The molecule has 1 fully saturated rings. The van der Waals surface area contributed by atoms with E-state index in [0.29, 0.717) is 21.8 Å². The number of hydrogen-bond acceptors (Lipinski definition) is 5. The fourth-order valence-electron chi connectivity index (χ4n) is 2.21. The summed E-state index contributed by atoms with van der Waals surface area (Å²) in [7, 11) is 0. The molecule has 0 bridgehead atoms. The van der Waals surface area contributed by atoms with E-state index in [0.717, 1.165) is 18.9 Å². The summed E-state index contributed by atoms with van der Waals surface area (Å²) in [5.41, 5.74) is 11.7. The highest BCUT2D eigenvalue weighted by Crippen LogP contribution is 2.28. The molecule has 2 heterocycles. The molecule has 2 atom stereocenters. The van der Waals surface area contributed by atoms with Gasteiger partial charge in [0.15, 0.2) is 0 Å². The van der Waals surface area contributed by atoms with Crippen LogP contribution in [0.5, 0.6) is 0 Å². The van der Waals surface area contributed by atoms with Gasteiger partial charge in [0, 0.05) is 23.6 Å². The molecule has 5 nitrogen and oxygen atoms in total. The van der Waals surface area contributed by atoms with Gasteiger partial charge in [-0.15, -0.1) is 0 Å². The number of hydrogen-bond donors (Lipinski definition) is 2. The molecule has 1 aromatic heterocycles. The first kappa shape index (κ1) is 13.0. The Bertz CT molecular complexity index is 455. The zero-order chi connectivity index (χ0) is 13.3. The lowest BCUT2D eigenvalue weighted by molar-refractivity contribution is 0.100. The molecule has 1 aliphatic heterocycles. The predicted molar refractivity (Wildman–Crippen MR) is 75.9 cm³/mol. The number of anilines is 2. The van der Waals surface area contributed by atoms with Crippen molar-refractivity contribution in [1.29, 1.82) is 0 Å². The minimum Gasteiger partial charge on any atom is -0.397 e. The summed E-state index contributed by atoms with van der Waals surface area (Å²) in [6, 6.07) is 1.69. The van der Waals surface area contributed by atoms with E-state index in [4.69, 9.17) is 11.5 Å². The zero-order valence-corrected chi connectivity index (χ0v) is 11.4. The molecule has 0 spiro atoms. The van der Waals surface area contributed by atoms with Crippen molar-refractivity contribution >= 4 is 29.2 Å². The molecule has 1 amide bonds. The minimum atomic E-state index is -0.511. The molecular weight excluding hydrogens is 248 g/mol. The summed E-state index contributed by atoms with van der Waals surface area (Å²) in [6.07, 6.45) is 1.51. The minimum absolute atomic E-state index is 0.332. The van der Waals surface area contributed by atoms with Crippen LogP contribution in [0, 0.1) is 0 Å². The molecule has 4 N–H and O–H groups in total. The smallest absolute Gasteiger partial charge is 0.250 e. The monoisotopic (exact) mass is 266 g/mol. The van der Waals surface area contributed by atoms with Gasteiger partial charge in [-0.1, -0.05) is 13.8 Å². The Kier molecular flexibility index (Phi) is 3.65. The fourth-order valence-corrected chi connectivity index (χ4v) is 3.53. The van der Waals surface area contributed by atoms with Gasteiger partial charge in [-0.05, 0) is 6.07 Å². The second-order valence-electron chi connectivity index (χ2n) is 4.66. The number of nitrogens with zero attached hydrogens (tertiary/aromatic N) is 2. The summed E-state index contributed by atoms with van der Waals surface area (Å²) in [4.78, 5) is 17.8. The predicted octanol–water partition coefficient (Wildman–Crippen LogP) is 1.09. The number of thioether (sulfide) groups is 1. The van der Waals surface area contributed by atoms with Crippen LogP contribution in [0.1, 0.15) is 24.2 Å². The first-order chi connectivity index (χ1) is 8.47. The molecule has 18 heavy (non-hydrogen) atoms. The van der Waals surface area contributed by atoms with Gasteiger partial charge in [-0.25, -0.2) is 4.98 Å². The third kappa shape index (κ3) is 2.69. The number of rotatable bonds is 2. The van der Waals surface area contributed by atoms with Crippen LogP contribution < -0.4 is 16.4 Å². The van der Waals surface area contributed by atoms with Crippen LogP contribution in [0.15, 0.2) is 12.3 Å². The number of aromatic nitrogens is 1. The topological polar surface area (TPSA) is 85.2 Å². The number of pyridine rings is 1. The van der Waals surface area contributed by atoms with E-state index >= 15 is 0 Å². The van der Waals surface area contributed by atoms with Crippen molar-refractivity contribution in [3.8, 4) is 0 Å². The molecular formula is C12H18N4OS. The summed E-state index contributed by atoms with van der Waals surface area (Å²) in [5, 5.41) is 1.09. The van der Waals surface area contributed by atoms with E-state index in [2.05, 4.69) is 23.7 Å². The molecule has 2 rings (SSSR count). The standard InChI is InChI=1S/C12H18N4OS/c1-7-5-16(6-8(2)18-7)11-3-9(12(14)17)10(13)4-15-11/h3-4,7-8H,5-6,13H2,1-2H3,(H2,14,17). The maximum absolute atomic E-state index is 11.3. The van der Waals surface area contributed by atoms with Gasteiger partial charge in [0.2, 0.25) is 0 Å². The molecule has 1 aliphatic rings. The number of amides is 1. The fraction of sp³-hybridized carbons (Fsp3) is 0.500. The van der Waals surface area contributed by atoms with Gasteiger partial charge in [0.1, 0.15) is 5.82 Å². The molecule has 2 unspecified atom stereocenters. The normalized spacial score (nSPS) is 24.0. The van der Waals surface area contributed by atoms with Crippen LogP contribution in [0.2, 0.25) is 0 Å². The van der Waals surface area contributed by atoms with Crippen molar-refractivity contribution in [2.75, 3.05) is 23.7 Å². The lowest BCUT2D eigenvalue weighted by Crippen LogP contribution is -2.41. The van der Waals surface area contributed by atoms with Crippen molar-refractivity contribution in [3.05, 3.63) is 17.8 Å². The SMILES string of the molecule is CC1CN(c2cc(C(N)=O)c(N)cn2)CC(C)S1. The second kappa shape index (κ2) is 5.06. The van der Waals surface area contributed by atoms with Crippen molar-refractivity contribution < 1.29 is 4.79 Å². The maximum Gasteiger partial charge on any atom is 0.250 e. The van der Waals surface area contributed by atoms with E-state index in [1.807, 2.05) is 11.8 Å². The molecule has 0 aromatic carbocycles. The number of carbonyl (C=O) groups is 1. The Hall–Kier alpha value is -1.43. The first-order valence-corrected chi connectivity index (χ1v) is 6.87. The Morgan fingerprint density at radius 2 is 2.06 bits per heavy atom. The lowest BCUT2D eigenvalue weighted by atomic mass is 10.2. The zero-order valence-electron chi connectivity index (χ0n) is 10.6. The second-order valence-corrected chi connectivity index (χ2v) is 6.54. The largest absolute Gasteiger partial charge is 0.397 e. The average molecular weight is 266 g/mol. The summed E-state index contributed by atoms with van der Waals surface area (Å²) >= 11 is 1.97. The number of primary amides is 1. The van der Waals surface area contributed by atoms with Crippen molar-refractivity contribution in [1.82, 2.24) is 4.98 Å². The van der Waals surface area contributed by atoms with Crippen molar-refractivity contribution in [2.24, 2.45) is 5.73 Å². The number of nitrogen functional groups attached to an aromatic ring is 1. The summed E-state index contributed by atoms with van der Waals surface area (Å²) in [5.74, 6) is 0.264. The first-order valence-electron chi connectivity index (χ1n) is 5.93. The molecule has 0 radical (unpaired) electrons. The highest BCUT2D eigenvalue weighted by atomic mass is 32.2. The summed E-state index contributed by atoms with van der Waals surface area (Å²) in [6.45, 7) is 6.23. The summed E-state index contributed by atoms with van der Waals surface area (Å²) < 4.78 is 0. The third-order valence-electron chi connectivity index (χ3n) is 2.93. The third-order valence-corrected chi connectivity index (χ3v) is 4.16. The van der Waals surface area contributed by atoms with Gasteiger partial charge in [0.05, 0.1) is 17.4 Å². The van der Waals surface area contributed by atoms with Crippen molar-refractivity contribution in [3.63, 3.8) is 0 Å². The van der Waals surface area contributed by atoms with Crippen molar-refractivity contribution in [2.45, 2.75) is 24.3 Å². The van der Waals surface area contributed by atoms with Crippen LogP contribution in [-0.2, 0) is 0 Å². The molecule has 98 valence electrons. The van der Waals surface area contributed by atoms with E-state index in [9.17, 15) is 4.79 Å². The van der Waals surface area contributed by atoms with E-state index in [-0.39, 0.29) is 0 Å². The van der Waals surface area contributed by atoms with Crippen LogP contribution in [-0.4, -0.2) is 34.5 Å². The number of carbonyl (C=O) groups excluding carboxylic acids is 1. The van der Waals surface area contributed by atoms with Gasteiger partial charge in [-0.2, -0.15) is 11.8 Å². The molecule has 0 saturated carbocycles. The average Bonchev–Trinajstić information content (AvgIpc) is 2.27. The Morgan fingerprint density at radius 3 is 2.61 bits per heavy atom. The van der Waals surface area contributed by atoms with Crippen LogP contribution in [0.25, 0.3) is 0 Å². The van der Waals surface area contributed by atoms with E-state index in [1.54, 1.807) is 6.07 Å². The van der Waals surface area contributed by atoms with Gasteiger partial charge in [-0.3, -0.25) is 4.79 Å². The van der Waals surface area contributed by atoms with E-state index in [1.165, 1.54) is 6.20 Å². The van der Waals surface area contributed by atoms with Gasteiger partial charge in [0.25, 0.3) is 5.91 Å². The van der Waals surface area contributed by atoms with Crippen LogP contribution in [0.4, 0.5) is 11.5 Å². The quantitative estimate of drug-likeness (QED) is 0.837. The Labute approximate surface area is 111 Å². The highest BCUT2D eigenvalue weighted by molar-refractivity contribution is 8.00. The Balaban J connectivity index is 2.28. The number of nitrogens with two attached hydrogens (primary N) is 2. The molecule has 1 aromatic rings. The van der Waals surface area contributed by atoms with E-state index < -0.39 is 5.91 Å². The molecule has 1 saturated heterocycles. The van der Waals surface area contributed by atoms with Gasteiger partial charge < -0.3 is 16.4 Å². The highest BCUT2D eigenvalue weighted by Gasteiger charge is 2.24. The lowest BCUT2D eigenvalue weighted by Gasteiger charge is -2.35. The van der Waals surface area contributed by atoms with Crippen LogP contribution >= 0.6 is 11.8 Å². The molecule has 6 heteroatoms.